The third-order valence-corrected chi connectivity index (χ3v) is 7.72. The fourth-order valence-electron chi connectivity index (χ4n) is 4.09. The van der Waals surface area contributed by atoms with E-state index in [1.165, 1.54) is 18.2 Å². The highest BCUT2D eigenvalue weighted by Gasteiger charge is 2.25. The Bertz CT molecular complexity index is 1370. The van der Waals surface area contributed by atoms with E-state index >= 15 is 0 Å². The fourth-order valence-corrected chi connectivity index (χ4v) is 5.57. The second-order valence-electron chi connectivity index (χ2n) is 9.03. The zero-order valence-electron chi connectivity index (χ0n) is 19.9. The van der Waals surface area contributed by atoms with E-state index in [1.54, 1.807) is 6.07 Å². The fraction of sp³-hybridized carbons (Fsp3) is 0.320. The van der Waals surface area contributed by atoms with Crippen LogP contribution < -0.4 is 14.8 Å². The SMILES string of the molecule is Cc1cccc(C)c1-c1nc2nc(c1Br)OC[C@@H](CC(C)C)NC(=O)c1cccc(c1)S(=O)(=O)N2. The van der Waals surface area contributed by atoms with Gasteiger partial charge in [-0.15, -0.1) is 0 Å². The van der Waals surface area contributed by atoms with Crippen LogP contribution in [0.2, 0.25) is 0 Å². The van der Waals surface area contributed by atoms with Crippen molar-refractivity contribution in [3.05, 3.63) is 63.6 Å². The van der Waals surface area contributed by atoms with Gasteiger partial charge in [-0.2, -0.15) is 4.98 Å². The van der Waals surface area contributed by atoms with Gasteiger partial charge < -0.3 is 10.1 Å². The Morgan fingerprint density at radius 2 is 1.80 bits per heavy atom. The van der Waals surface area contributed by atoms with Crippen molar-refractivity contribution in [1.29, 1.82) is 0 Å². The maximum Gasteiger partial charge on any atom is 0.264 e. The molecule has 1 atom stereocenters. The molecule has 1 amide bonds. The van der Waals surface area contributed by atoms with Crippen LogP contribution in [0.5, 0.6) is 5.88 Å². The molecule has 184 valence electrons. The monoisotopic (exact) mass is 558 g/mol. The summed E-state index contributed by atoms with van der Waals surface area (Å²) >= 11 is 3.58. The van der Waals surface area contributed by atoms with E-state index in [0.29, 0.717) is 22.5 Å². The summed E-state index contributed by atoms with van der Waals surface area (Å²) in [5.41, 5.74) is 3.55. The highest BCUT2D eigenvalue weighted by Crippen LogP contribution is 2.37. The first-order chi connectivity index (χ1) is 16.5. The Morgan fingerprint density at radius 1 is 1.11 bits per heavy atom. The molecule has 0 fully saturated rings. The number of aryl methyl sites for hydroxylation is 2. The van der Waals surface area contributed by atoms with Crippen molar-refractivity contribution in [2.24, 2.45) is 5.92 Å². The average molecular weight is 559 g/mol. The number of amides is 1. The molecule has 1 aliphatic heterocycles. The van der Waals surface area contributed by atoms with Gasteiger partial charge in [-0.3, -0.25) is 4.79 Å². The molecule has 4 rings (SSSR count). The number of anilines is 1. The number of carbonyl (C=O) groups is 1. The number of hydrogen-bond donors (Lipinski definition) is 2. The van der Waals surface area contributed by atoms with E-state index in [1.807, 2.05) is 32.0 Å². The molecule has 10 heteroatoms. The molecule has 4 bridgehead atoms. The summed E-state index contributed by atoms with van der Waals surface area (Å²) in [4.78, 5) is 21.8. The van der Waals surface area contributed by atoms with E-state index < -0.39 is 10.0 Å². The van der Waals surface area contributed by atoms with Crippen molar-refractivity contribution in [2.45, 2.75) is 45.1 Å². The number of nitrogens with zero attached hydrogens (tertiary/aromatic N) is 2. The largest absolute Gasteiger partial charge is 0.475 e. The predicted octanol–water partition coefficient (Wildman–Crippen LogP) is 4.86. The van der Waals surface area contributed by atoms with Crippen LogP contribution in [-0.4, -0.2) is 36.9 Å². The van der Waals surface area contributed by atoms with E-state index in [-0.39, 0.29) is 40.8 Å². The van der Waals surface area contributed by atoms with Gasteiger partial charge in [0.25, 0.3) is 15.9 Å². The topological polar surface area (TPSA) is 110 Å². The second-order valence-corrected chi connectivity index (χ2v) is 11.5. The maximum absolute atomic E-state index is 13.2. The van der Waals surface area contributed by atoms with Crippen LogP contribution in [-0.2, 0) is 10.0 Å². The van der Waals surface area contributed by atoms with Gasteiger partial charge in [0.15, 0.2) is 0 Å². The molecule has 1 aliphatic rings. The highest BCUT2D eigenvalue weighted by atomic mass is 79.9. The molecule has 1 aromatic heterocycles. The standard InChI is InChI=1S/C25H27BrN4O4S/c1-14(2)11-18-13-34-24-21(26)22(20-15(3)7-5-8-16(20)4)28-25(29-24)30-35(32,33)19-10-6-9-17(12-19)23(31)27-18/h5-10,12,14,18H,11,13H2,1-4H3,(H,27,31)(H,28,29,30)/t18-/m1/s1. The van der Waals surface area contributed by atoms with Crippen LogP contribution in [0.4, 0.5) is 5.95 Å². The summed E-state index contributed by atoms with van der Waals surface area (Å²) < 4.78 is 35.4. The molecular weight excluding hydrogens is 532 g/mol. The Hall–Kier alpha value is -2.98. The zero-order chi connectivity index (χ0) is 25.3. The molecule has 0 aliphatic carbocycles. The van der Waals surface area contributed by atoms with E-state index in [0.717, 1.165) is 16.7 Å². The Morgan fingerprint density at radius 3 is 2.49 bits per heavy atom. The van der Waals surface area contributed by atoms with E-state index in [2.05, 4.69) is 49.8 Å². The van der Waals surface area contributed by atoms with Gasteiger partial charge in [0.05, 0.1) is 16.6 Å². The lowest BCUT2D eigenvalue weighted by molar-refractivity contribution is 0.0913. The smallest absolute Gasteiger partial charge is 0.264 e. The molecule has 0 radical (unpaired) electrons. The van der Waals surface area contributed by atoms with Crippen molar-refractivity contribution < 1.29 is 17.9 Å². The lowest BCUT2D eigenvalue weighted by atomic mass is 10.00. The lowest BCUT2D eigenvalue weighted by Gasteiger charge is -2.22. The van der Waals surface area contributed by atoms with Crippen molar-refractivity contribution in [2.75, 3.05) is 11.3 Å². The van der Waals surface area contributed by atoms with Gasteiger partial charge in [-0.25, -0.2) is 18.1 Å². The van der Waals surface area contributed by atoms with Crippen molar-refractivity contribution in [3.63, 3.8) is 0 Å². The van der Waals surface area contributed by atoms with Crippen LogP contribution in [0.1, 0.15) is 41.8 Å². The summed E-state index contributed by atoms with van der Waals surface area (Å²) in [6.07, 6.45) is 0.668. The van der Waals surface area contributed by atoms with Gasteiger partial charge >= 0.3 is 0 Å². The van der Waals surface area contributed by atoms with Crippen molar-refractivity contribution in [3.8, 4) is 17.1 Å². The summed E-state index contributed by atoms with van der Waals surface area (Å²) in [6.45, 7) is 8.19. The van der Waals surface area contributed by atoms with E-state index in [4.69, 9.17) is 4.74 Å². The Kier molecular flexibility index (Phi) is 7.14. The van der Waals surface area contributed by atoms with Gasteiger partial charge in [0.2, 0.25) is 11.8 Å². The molecule has 0 spiro atoms. The molecule has 3 aromatic rings. The number of benzene rings is 2. The van der Waals surface area contributed by atoms with Crippen LogP contribution >= 0.6 is 15.9 Å². The number of halogens is 1. The van der Waals surface area contributed by atoms with Gasteiger partial charge in [-0.1, -0.05) is 38.1 Å². The van der Waals surface area contributed by atoms with Gasteiger partial charge in [0.1, 0.15) is 11.1 Å². The first-order valence-electron chi connectivity index (χ1n) is 11.3. The second kappa shape index (κ2) is 9.94. The highest BCUT2D eigenvalue weighted by molar-refractivity contribution is 9.10. The van der Waals surface area contributed by atoms with Crippen molar-refractivity contribution in [1.82, 2.24) is 15.3 Å². The molecule has 2 heterocycles. The third-order valence-electron chi connectivity index (χ3n) is 5.68. The number of fused-ring (bicyclic) bond motifs is 4. The molecule has 8 nitrogen and oxygen atoms in total. The predicted molar refractivity (Wildman–Crippen MR) is 138 cm³/mol. The number of sulfonamides is 1. The zero-order valence-corrected chi connectivity index (χ0v) is 22.3. The summed E-state index contributed by atoms with van der Waals surface area (Å²) in [5.74, 6) is -0.0133. The molecule has 0 saturated carbocycles. The minimum absolute atomic E-state index is 0.0626. The number of carbonyl (C=O) groups excluding carboxylic acids is 1. The molecule has 2 aromatic carbocycles. The van der Waals surface area contributed by atoms with Crippen LogP contribution in [0.25, 0.3) is 11.3 Å². The number of ether oxygens (including phenoxy) is 1. The van der Waals surface area contributed by atoms with Crippen LogP contribution in [0, 0.1) is 19.8 Å². The van der Waals surface area contributed by atoms with Crippen molar-refractivity contribution >= 4 is 37.8 Å². The average Bonchev–Trinajstić information content (AvgIpc) is 2.79. The molecule has 2 N–H and O–H groups in total. The van der Waals surface area contributed by atoms with Crippen LogP contribution in [0.15, 0.2) is 51.8 Å². The first kappa shape index (κ1) is 25.1. The lowest BCUT2D eigenvalue weighted by Crippen LogP contribution is -2.40. The number of rotatable bonds is 3. The minimum atomic E-state index is -4.07. The number of nitrogens with one attached hydrogen (secondary N) is 2. The van der Waals surface area contributed by atoms with Gasteiger partial charge in [-0.05, 0) is 71.4 Å². The summed E-state index contributed by atoms with van der Waals surface area (Å²) in [5, 5.41) is 2.98. The first-order valence-corrected chi connectivity index (χ1v) is 13.5. The molecular formula is C25H27BrN4O4S. The molecule has 0 unspecified atom stereocenters. The number of aromatic nitrogens is 2. The summed E-state index contributed by atoms with van der Waals surface area (Å²) in [6, 6.07) is 11.4. The summed E-state index contributed by atoms with van der Waals surface area (Å²) in [7, 11) is -4.07. The van der Waals surface area contributed by atoms with E-state index in [9.17, 15) is 13.2 Å². The number of hydrogen-bond acceptors (Lipinski definition) is 6. The van der Waals surface area contributed by atoms with Crippen LogP contribution in [0.3, 0.4) is 0 Å². The molecule has 0 saturated heterocycles. The normalized spacial score (nSPS) is 17.3. The van der Waals surface area contributed by atoms with Gasteiger partial charge in [0, 0.05) is 11.1 Å². The maximum atomic E-state index is 13.2. The minimum Gasteiger partial charge on any atom is -0.475 e. The quantitative estimate of drug-likeness (QED) is 0.475. The molecule has 35 heavy (non-hydrogen) atoms. The Labute approximate surface area is 213 Å². The third kappa shape index (κ3) is 5.48. The Balaban J connectivity index is 1.90.